The minimum absolute atomic E-state index is 0.335. The molecule has 1 amide bonds. The first-order chi connectivity index (χ1) is 14.7. The lowest BCUT2D eigenvalue weighted by molar-refractivity contribution is 0.00430. The number of carboxylic acid groups (broad SMARTS) is 1. The van der Waals surface area contributed by atoms with Crippen LogP contribution >= 0.6 is 0 Å². The summed E-state index contributed by atoms with van der Waals surface area (Å²) in [6.45, 7) is 1.81. The molecular weight excluding hydrogens is 388 g/mol. The maximum atomic E-state index is 11.5. The predicted molar refractivity (Wildman–Crippen MR) is 110 cm³/mol. The zero-order chi connectivity index (χ0) is 20.9. The Hall–Kier alpha value is -3.40. The van der Waals surface area contributed by atoms with Crippen LogP contribution in [0.15, 0.2) is 36.8 Å². The van der Waals surface area contributed by atoms with Gasteiger partial charge in [-0.3, -0.25) is 4.90 Å². The number of amides is 1. The summed E-state index contributed by atoms with van der Waals surface area (Å²) in [6.07, 6.45) is 3.87. The van der Waals surface area contributed by atoms with Crippen molar-refractivity contribution < 1.29 is 19.4 Å². The molecule has 1 aliphatic heterocycles. The van der Waals surface area contributed by atoms with Crippen molar-refractivity contribution in [2.75, 3.05) is 32.1 Å². The topological polar surface area (TPSA) is 115 Å². The maximum absolute atomic E-state index is 11.5. The van der Waals surface area contributed by atoms with E-state index < -0.39 is 12.3 Å². The Bertz CT molecular complexity index is 1010. The molecule has 1 aromatic carbocycles. The molecule has 1 unspecified atom stereocenters. The quantitative estimate of drug-likeness (QED) is 0.569. The zero-order valence-corrected chi connectivity index (χ0v) is 16.7. The summed E-state index contributed by atoms with van der Waals surface area (Å²) in [4.78, 5) is 21.4. The summed E-state index contributed by atoms with van der Waals surface area (Å²) < 4.78 is 12.7. The number of benzene rings is 1. The summed E-state index contributed by atoms with van der Waals surface area (Å²) in [5, 5.41) is 17.8. The molecule has 10 nitrogen and oxygen atoms in total. The highest BCUT2D eigenvalue weighted by molar-refractivity contribution is 5.81. The zero-order valence-electron chi connectivity index (χ0n) is 16.7. The largest absolute Gasteiger partial charge is 0.465 e. The second-order valence-corrected chi connectivity index (χ2v) is 6.98. The molecule has 158 valence electrons. The van der Waals surface area contributed by atoms with Crippen molar-refractivity contribution in [2.24, 2.45) is 0 Å². The number of rotatable bonds is 7. The number of likely N-dealkylation sites (tertiary alicyclic amines) is 1. The molecule has 1 atom stereocenters. The SMILES string of the molecule is COCCNc1ccc(-n2ncc3c(OC4CCCCN4C(=O)O)ncnc32)cc1. The van der Waals surface area contributed by atoms with Crippen LogP contribution in [0.25, 0.3) is 16.7 Å². The summed E-state index contributed by atoms with van der Waals surface area (Å²) in [5.41, 5.74) is 2.42. The second kappa shape index (κ2) is 8.95. The van der Waals surface area contributed by atoms with Gasteiger partial charge in [-0.2, -0.15) is 5.10 Å². The van der Waals surface area contributed by atoms with E-state index in [-0.39, 0.29) is 0 Å². The van der Waals surface area contributed by atoms with E-state index >= 15 is 0 Å². The van der Waals surface area contributed by atoms with Gasteiger partial charge in [0.15, 0.2) is 11.9 Å². The van der Waals surface area contributed by atoms with Crippen LogP contribution in [-0.2, 0) is 4.74 Å². The van der Waals surface area contributed by atoms with Crippen molar-refractivity contribution in [3.63, 3.8) is 0 Å². The van der Waals surface area contributed by atoms with Crippen molar-refractivity contribution in [1.82, 2.24) is 24.6 Å². The molecule has 0 aliphatic carbocycles. The van der Waals surface area contributed by atoms with Crippen LogP contribution in [0.3, 0.4) is 0 Å². The number of hydrogen-bond acceptors (Lipinski definition) is 7. The van der Waals surface area contributed by atoms with E-state index in [1.165, 1.54) is 11.2 Å². The van der Waals surface area contributed by atoms with Crippen molar-refractivity contribution in [1.29, 1.82) is 0 Å². The van der Waals surface area contributed by atoms with Gasteiger partial charge in [0.05, 0.1) is 18.5 Å². The molecule has 0 radical (unpaired) electrons. The lowest BCUT2D eigenvalue weighted by Gasteiger charge is -2.32. The third-order valence-electron chi connectivity index (χ3n) is 5.02. The van der Waals surface area contributed by atoms with Gasteiger partial charge < -0.3 is 19.9 Å². The maximum Gasteiger partial charge on any atom is 0.410 e. The van der Waals surface area contributed by atoms with Crippen LogP contribution in [0, 0.1) is 0 Å². The van der Waals surface area contributed by atoms with Crippen molar-refractivity contribution in [2.45, 2.75) is 25.5 Å². The van der Waals surface area contributed by atoms with E-state index in [4.69, 9.17) is 9.47 Å². The second-order valence-electron chi connectivity index (χ2n) is 6.98. The summed E-state index contributed by atoms with van der Waals surface area (Å²) in [7, 11) is 1.67. The average molecular weight is 412 g/mol. The van der Waals surface area contributed by atoms with Crippen LogP contribution < -0.4 is 10.1 Å². The third-order valence-corrected chi connectivity index (χ3v) is 5.02. The van der Waals surface area contributed by atoms with Crippen LogP contribution in [0.2, 0.25) is 0 Å². The van der Waals surface area contributed by atoms with E-state index in [0.717, 1.165) is 30.8 Å². The molecule has 0 saturated carbocycles. The molecule has 3 aromatic rings. The fourth-order valence-electron chi connectivity index (χ4n) is 3.49. The fourth-order valence-corrected chi connectivity index (χ4v) is 3.49. The standard InChI is InChI=1S/C20H24N6O4/c1-29-11-9-21-14-5-7-15(8-6-14)26-18-16(12-24-26)19(23-13-22-18)30-17-4-2-3-10-25(17)20(27)28/h5-8,12-13,17,21H,2-4,9-11H2,1H3,(H,27,28). The van der Waals surface area contributed by atoms with E-state index in [1.54, 1.807) is 18.0 Å². The molecule has 30 heavy (non-hydrogen) atoms. The number of piperidine rings is 1. The van der Waals surface area contributed by atoms with Gasteiger partial charge in [0.2, 0.25) is 5.88 Å². The molecule has 3 heterocycles. The van der Waals surface area contributed by atoms with Gasteiger partial charge in [-0.15, -0.1) is 0 Å². The van der Waals surface area contributed by atoms with Crippen molar-refractivity contribution >= 4 is 22.8 Å². The number of carbonyl (C=O) groups is 1. The average Bonchev–Trinajstić information content (AvgIpc) is 3.20. The van der Waals surface area contributed by atoms with Crippen LogP contribution in [-0.4, -0.2) is 68.9 Å². The molecule has 4 rings (SSSR count). The Morgan fingerprint density at radius 3 is 2.87 bits per heavy atom. The highest BCUT2D eigenvalue weighted by Gasteiger charge is 2.29. The monoisotopic (exact) mass is 412 g/mol. The van der Waals surface area contributed by atoms with E-state index in [0.29, 0.717) is 36.5 Å². The smallest absolute Gasteiger partial charge is 0.410 e. The normalized spacial score (nSPS) is 16.6. The molecule has 2 aromatic heterocycles. The number of methoxy groups -OCH3 is 1. The molecule has 1 aliphatic rings. The van der Waals surface area contributed by atoms with Gasteiger partial charge >= 0.3 is 6.09 Å². The molecule has 10 heteroatoms. The van der Waals surface area contributed by atoms with Crippen LogP contribution in [0.1, 0.15) is 19.3 Å². The molecular formula is C20H24N6O4. The van der Waals surface area contributed by atoms with Gasteiger partial charge in [-0.25, -0.2) is 19.4 Å². The van der Waals surface area contributed by atoms with Gasteiger partial charge in [-0.1, -0.05) is 0 Å². The van der Waals surface area contributed by atoms with Crippen LogP contribution in [0.4, 0.5) is 10.5 Å². The van der Waals surface area contributed by atoms with E-state index in [2.05, 4.69) is 20.4 Å². The van der Waals surface area contributed by atoms with Gasteiger partial charge in [0.1, 0.15) is 11.7 Å². The van der Waals surface area contributed by atoms with E-state index in [1.807, 2.05) is 24.3 Å². The number of hydrogen-bond donors (Lipinski definition) is 2. The van der Waals surface area contributed by atoms with Gasteiger partial charge in [0.25, 0.3) is 0 Å². The highest BCUT2D eigenvalue weighted by atomic mass is 16.5. The summed E-state index contributed by atoms with van der Waals surface area (Å²) in [5.74, 6) is 0.335. The summed E-state index contributed by atoms with van der Waals surface area (Å²) >= 11 is 0. The predicted octanol–water partition coefficient (Wildman–Crippen LogP) is 2.74. The number of nitrogens with one attached hydrogen (secondary N) is 1. The Kier molecular flexibility index (Phi) is 5.94. The number of ether oxygens (including phenoxy) is 2. The third kappa shape index (κ3) is 4.13. The molecule has 2 N–H and O–H groups in total. The van der Waals surface area contributed by atoms with Gasteiger partial charge in [-0.05, 0) is 37.1 Å². The lowest BCUT2D eigenvalue weighted by Crippen LogP contribution is -2.46. The minimum atomic E-state index is -0.986. The van der Waals surface area contributed by atoms with Crippen molar-refractivity contribution in [3.8, 4) is 11.6 Å². The van der Waals surface area contributed by atoms with E-state index in [9.17, 15) is 9.90 Å². The van der Waals surface area contributed by atoms with Gasteiger partial charge in [0, 0.05) is 32.3 Å². The highest BCUT2D eigenvalue weighted by Crippen LogP contribution is 2.27. The van der Waals surface area contributed by atoms with Crippen LogP contribution in [0.5, 0.6) is 5.88 Å². The Morgan fingerprint density at radius 2 is 2.10 bits per heavy atom. The first-order valence-electron chi connectivity index (χ1n) is 9.85. The summed E-state index contributed by atoms with van der Waals surface area (Å²) in [6, 6.07) is 7.81. The first-order valence-corrected chi connectivity index (χ1v) is 9.85. The lowest BCUT2D eigenvalue weighted by atomic mass is 10.1. The number of aromatic nitrogens is 4. The number of nitrogens with zero attached hydrogens (tertiary/aromatic N) is 5. The number of fused-ring (bicyclic) bond motifs is 1. The fraction of sp³-hybridized carbons (Fsp3) is 0.400. The molecule has 0 bridgehead atoms. The molecule has 0 spiro atoms. The Balaban J connectivity index is 1.57. The number of anilines is 1. The first kappa shape index (κ1) is 19.9. The Labute approximate surface area is 173 Å². The minimum Gasteiger partial charge on any atom is -0.465 e. The molecule has 1 fully saturated rings. The Morgan fingerprint density at radius 1 is 1.27 bits per heavy atom. The van der Waals surface area contributed by atoms with Crippen molar-refractivity contribution in [3.05, 3.63) is 36.8 Å². The molecule has 1 saturated heterocycles.